The fourth-order valence-electron chi connectivity index (χ4n) is 1.27. The van der Waals surface area contributed by atoms with Gasteiger partial charge < -0.3 is 10.4 Å². The third-order valence-corrected chi connectivity index (χ3v) is 2.76. The second-order valence-corrected chi connectivity index (χ2v) is 4.59. The Morgan fingerprint density at radius 1 is 1.32 bits per heavy atom. The lowest BCUT2D eigenvalue weighted by Crippen LogP contribution is -2.21. The Morgan fingerprint density at radius 2 is 2.11 bits per heavy atom. The van der Waals surface area contributed by atoms with Gasteiger partial charge in [0.1, 0.15) is 5.01 Å². The SMILES string of the molecule is Cc1nnc(NC(=O)Nc2cccnc2C(=O)O)s1. The lowest BCUT2D eigenvalue weighted by Gasteiger charge is -2.06. The number of carbonyl (C=O) groups is 2. The number of urea groups is 1. The molecule has 0 aliphatic rings. The van der Waals surface area contributed by atoms with E-state index in [1.165, 1.54) is 29.7 Å². The van der Waals surface area contributed by atoms with Crippen LogP contribution >= 0.6 is 11.3 Å². The van der Waals surface area contributed by atoms with Gasteiger partial charge >= 0.3 is 12.0 Å². The van der Waals surface area contributed by atoms with Gasteiger partial charge in [0.15, 0.2) is 5.69 Å². The van der Waals surface area contributed by atoms with Gasteiger partial charge in [-0.05, 0) is 19.1 Å². The molecule has 0 spiro atoms. The molecule has 0 saturated heterocycles. The molecular weight excluding hydrogens is 270 g/mol. The molecule has 8 nitrogen and oxygen atoms in total. The highest BCUT2D eigenvalue weighted by molar-refractivity contribution is 7.15. The van der Waals surface area contributed by atoms with E-state index in [0.29, 0.717) is 10.1 Å². The fourth-order valence-corrected chi connectivity index (χ4v) is 1.86. The highest BCUT2D eigenvalue weighted by Crippen LogP contribution is 2.15. The topological polar surface area (TPSA) is 117 Å². The van der Waals surface area contributed by atoms with Crippen molar-refractivity contribution in [3.8, 4) is 0 Å². The number of pyridine rings is 1. The molecule has 0 radical (unpaired) electrons. The molecule has 2 amide bonds. The Kier molecular flexibility index (Phi) is 3.66. The van der Waals surface area contributed by atoms with Crippen LogP contribution in [0.5, 0.6) is 0 Å². The minimum absolute atomic E-state index is 0.105. The van der Waals surface area contributed by atoms with E-state index in [1.54, 1.807) is 6.92 Å². The molecule has 2 rings (SSSR count). The van der Waals surface area contributed by atoms with E-state index in [0.717, 1.165) is 0 Å². The van der Waals surface area contributed by atoms with Gasteiger partial charge in [0.2, 0.25) is 5.13 Å². The number of hydrogen-bond donors (Lipinski definition) is 3. The first-order chi connectivity index (χ1) is 9.06. The minimum atomic E-state index is -1.22. The van der Waals surface area contributed by atoms with Crippen LogP contribution in [0.25, 0.3) is 0 Å². The van der Waals surface area contributed by atoms with Crippen molar-refractivity contribution in [1.82, 2.24) is 15.2 Å². The Morgan fingerprint density at radius 3 is 2.74 bits per heavy atom. The van der Waals surface area contributed by atoms with Crippen LogP contribution in [0.1, 0.15) is 15.5 Å². The van der Waals surface area contributed by atoms with Crippen molar-refractivity contribution in [2.24, 2.45) is 0 Å². The van der Waals surface area contributed by atoms with Crippen LogP contribution in [0.3, 0.4) is 0 Å². The molecule has 0 aliphatic heterocycles. The summed E-state index contributed by atoms with van der Waals surface area (Å²) in [6.45, 7) is 1.75. The smallest absolute Gasteiger partial charge is 0.356 e. The lowest BCUT2D eigenvalue weighted by atomic mass is 10.3. The lowest BCUT2D eigenvalue weighted by molar-refractivity contribution is 0.0692. The number of anilines is 2. The molecular formula is C10H9N5O3S. The fraction of sp³-hybridized carbons (Fsp3) is 0.100. The van der Waals surface area contributed by atoms with E-state index in [9.17, 15) is 9.59 Å². The summed E-state index contributed by atoms with van der Waals surface area (Å²) < 4.78 is 0. The number of amides is 2. The zero-order chi connectivity index (χ0) is 13.8. The molecule has 0 unspecified atom stereocenters. The number of aromatic carboxylic acids is 1. The van der Waals surface area contributed by atoms with E-state index >= 15 is 0 Å². The zero-order valence-electron chi connectivity index (χ0n) is 9.75. The Balaban J connectivity index is 2.09. The van der Waals surface area contributed by atoms with E-state index in [4.69, 9.17) is 5.11 Å². The first-order valence-electron chi connectivity index (χ1n) is 5.12. The summed E-state index contributed by atoms with van der Waals surface area (Å²) in [6, 6.07) is 2.37. The average molecular weight is 279 g/mol. The molecule has 19 heavy (non-hydrogen) atoms. The van der Waals surface area contributed by atoms with Gasteiger partial charge in [-0.25, -0.2) is 14.6 Å². The molecule has 9 heteroatoms. The molecule has 0 aliphatic carbocycles. The Bertz CT molecular complexity index is 627. The zero-order valence-corrected chi connectivity index (χ0v) is 10.6. The first-order valence-corrected chi connectivity index (χ1v) is 5.94. The van der Waals surface area contributed by atoms with E-state index in [-0.39, 0.29) is 11.4 Å². The quantitative estimate of drug-likeness (QED) is 0.785. The summed E-state index contributed by atoms with van der Waals surface area (Å²) in [4.78, 5) is 26.2. The molecule has 0 saturated carbocycles. The Labute approximate surface area is 111 Å². The van der Waals surface area contributed by atoms with Crippen molar-refractivity contribution in [3.05, 3.63) is 29.0 Å². The molecule has 0 bridgehead atoms. The van der Waals surface area contributed by atoms with Gasteiger partial charge in [0.25, 0.3) is 0 Å². The maximum atomic E-state index is 11.7. The standard InChI is InChI=1S/C10H9N5O3S/c1-5-14-15-10(19-5)13-9(18)12-6-3-2-4-11-7(6)8(16)17/h2-4H,1H3,(H,16,17)(H2,12,13,15,18). The maximum Gasteiger partial charge on any atom is 0.356 e. The van der Waals surface area contributed by atoms with Gasteiger partial charge in [0, 0.05) is 6.20 Å². The van der Waals surface area contributed by atoms with Gasteiger partial charge in [0.05, 0.1) is 5.69 Å². The predicted molar refractivity (Wildman–Crippen MR) is 68.5 cm³/mol. The van der Waals surface area contributed by atoms with Gasteiger partial charge in [-0.15, -0.1) is 10.2 Å². The largest absolute Gasteiger partial charge is 0.476 e. The summed E-state index contributed by atoms with van der Waals surface area (Å²) in [5.74, 6) is -1.22. The third-order valence-electron chi connectivity index (χ3n) is 2.00. The van der Waals surface area contributed by atoms with Crippen molar-refractivity contribution < 1.29 is 14.7 Å². The number of carboxylic acids is 1. The van der Waals surface area contributed by atoms with Crippen molar-refractivity contribution in [2.75, 3.05) is 10.6 Å². The van der Waals surface area contributed by atoms with E-state index < -0.39 is 12.0 Å². The van der Waals surface area contributed by atoms with Crippen LogP contribution in [0, 0.1) is 6.92 Å². The summed E-state index contributed by atoms with van der Waals surface area (Å²) in [7, 11) is 0. The predicted octanol–water partition coefficient (Wildman–Crippen LogP) is 1.58. The van der Waals surface area contributed by atoms with Crippen molar-refractivity contribution in [1.29, 1.82) is 0 Å². The molecule has 2 heterocycles. The number of aromatic nitrogens is 3. The molecule has 0 atom stereocenters. The second-order valence-electron chi connectivity index (χ2n) is 3.41. The molecule has 2 aromatic rings. The molecule has 0 aromatic carbocycles. The highest BCUT2D eigenvalue weighted by atomic mass is 32.1. The normalized spacial score (nSPS) is 9.95. The molecule has 0 fully saturated rings. The average Bonchev–Trinajstić information content (AvgIpc) is 2.75. The first kappa shape index (κ1) is 12.9. The number of carboxylic acid groups (broad SMARTS) is 1. The number of nitrogens with one attached hydrogen (secondary N) is 2. The third kappa shape index (κ3) is 3.22. The van der Waals surface area contributed by atoms with Crippen molar-refractivity contribution >= 4 is 34.2 Å². The molecule has 3 N–H and O–H groups in total. The van der Waals surface area contributed by atoms with Crippen LogP contribution < -0.4 is 10.6 Å². The monoisotopic (exact) mass is 279 g/mol. The number of aryl methyl sites for hydroxylation is 1. The van der Waals surface area contributed by atoms with Crippen molar-refractivity contribution in [3.63, 3.8) is 0 Å². The summed E-state index contributed by atoms with van der Waals surface area (Å²) in [5, 5.41) is 22.3. The summed E-state index contributed by atoms with van der Waals surface area (Å²) >= 11 is 1.21. The number of hydrogen-bond acceptors (Lipinski definition) is 6. The van der Waals surface area contributed by atoms with Crippen LogP contribution in [-0.2, 0) is 0 Å². The number of rotatable bonds is 3. The van der Waals surface area contributed by atoms with Crippen LogP contribution in [-0.4, -0.2) is 32.3 Å². The van der Waals surface area contributed by atoms with Gasteiger partial charge in [-0.1, -0.05) is 11.3 Å². The van der Waals surface area contributed by atoms with E-state index in [2.05, 4.69) is 25.8 Å². The van der Waals surface area contributed by atoms with Crippen LogP contribution in [0.4, 0.5) is 15.6 Å². The Hall–Kier alpha value is -2.55. The van der Waals surface area contributed by atoms with Crippen LogP contribution in [0.15, 0.2) is 18.3 Å². The summed E-state index contributed by atoms with van der Waals surface area (Å²) in [5.41, 5.74) is -0.125. The van der Waals surface area contributed by atoms with E-state index in [1.807, 2.05) is 0 Å². The van der Waals surface area contributed by atoms with Crippen molar-refractivity contribution in [2.45, 2.75) is 6.92 Å². The highest BCUT2D eigenvalue weighted by Gasteiger charge is 2.14. The number of nitrogens with zero attached hydrogens (tertiary/aromatic N) is 3. The maximum absolute atomic E-state index is 11.7. The summed E-state index contributed by atoms with van der Waals surface area (Å²) in [6.07, 6.45) is 1.33. The molecule has 2 aromatic heterocycles. The minimum Gasteiger partial charge on any atom is -0.476 e. The number of carbonyl (C=O) groups excluding carboxylic acids is 1. The van der Waals surface area contributed by atoms with Gasteiger partial charge in [-0.2, -0.15) is 0 Å². The molecule has 98 valence electrons. The second kappa shape index (κ2) is 5.40. The van der Waals surface area contributed by atoms with Crippen LogP contribution in [0.2, 0.25) is 0 Å². The van der Waals surface area contributed by atoms with Gasteiger partial charge in [-0.3, -0.25) is 5.32 Å².